The molecule has 6 nitrogen and oxygen atoms in total. The van der Waals surface area contributed by atoms with Crippen molar-refractivity contribution >= 4 is 5.97 Å². The highest BCUT2D eigenvalue weighted by atomic mass is 16.6. The summed E-state index contributed by atoms with van der Waals surface area (Å²) in [4.78, 5) is 21.3. The molecule has 1 unspecified atom stereocenters. The standard InChI is InChI=1S/C22H22N2O4/c1-16-14-15-23-21(24-16)28-19(20(25)26-2)22(27-3,17-10-6-4-7-11-17)18-12-8-5-9-13-18/h4-15,19H,1-3H3. The molecule has 2 aromatic carbocycles. The molecule has 0 amide bonds. The lowest BCUT2D eigenvalue weighted by Gasteiger charge is -2.38. The van der Waals surface area contributed by atoms with Crippen LogP contribution in [0.1, 0.15) is 16.8 Å². The molecule has 1 atom stereocenters. The molecular formula is C22H22N2O4. The van der Waals surface area contributed by atoms with E-state index in [1.165, 1.54) is 14.2 Å². The minimum absolute atomic E-state index is 0.0729. The van der Waals surface area contributed by atoms with Gasteiger partial charge < -0.3 is 14.2 Å². The van der Waals surface area contributed by atoms with Crippen molar-refractivity contribution < 1.29 is 19.0 Å². The molecule has 0 saturated heterocycles. The summed E-state index contributed by atoms with van der Waals surface area (Å²) in [6.07, 6.45) is 0.403. The van der Waals surface area contributed by atoms with E-state index in [0.29, 0.717) is 0 Å². The lowest BCUT2D eigenvalue weighted by atomic mass is 9.81. The van der Waals surface area contributed by atoms with Gasteiger partial charge in [-0.2, -0.15) is 0 Å². The summed E-state index contributed by atoms with van der Waals surface area (Å²) in [5.74, 6) is -0.598. The number of methoxy groups -OCH3 is 2. The fourth-order valence-electron chi connectivity index (χ4n) is 3.18. The average Bonchev–Trinajstić information content (AvgIpc) is 2.75. The van der Waals surface area contributed by atoms with E-state index in [1.807, 2.05) is 67.6 Å². The Morgan fingerprint density at radius 3 is 1.96 bits per heavy atom. The maximum Gasteiger partial charge on any atom is 0.351 e. The Labute approximate surface area is 164 Å². The van der Waals surface area contributed by atoms with E-state index in [2.05, 4.69) is 9.97 Å². The number of hydrogen-bond acceptors (Lipinski definition) is 6. The smallest absolute Gasteiger partial charge is 0.351 e. The maximum atomic E-state index is 12.9. The van der Waals surface area contributed by atoms with Crippen molar-refractivity contribution in [1.29, 1.82) is 0 Å². The van der Waals surface area contributed by atoms with E-state index in [-0.39, 0.29) is 6.01 Å². The number of carbonyl (C=O) groups excluding carboxylic acids is 1. The number of carbonyl (C=O) groups is 1. The number of ether oxygens (including phenoxy) is 3. The van der Waals surface area contributed by atoms with Crippen LogP contribution in [0, 0.1) is 6.92 Å². The zero-order valence-electron chi connectivity index (χ0n) is 16.0. The summed E-state index contributed by atoms with van der Waals surface area (Å²) in [6, 6.07) is 20.7. The van der Waals surface area contributed by atoms with Gasteiger partial charge in [-0.05, 0) is 24.1 Å². The summed E-state index contributed by atoms with van der Waals surface area (Å²) in [5, 5.41) is 0. The van der Waals surface area contributed by atoms with Crippen molar-refractivity contribution in [3.63, 3.8) is 0 Å². The number of benzene rings is 2. The molecule has 0 N–H and O–H groups in total. The van der Waals surface area contributed by atoms with Gasteiger partial charge in [0.05, 0.1) is 7.11 Å². The van der Waals surface area contributed by atoms with Crippen LogP contribution >= 0.6 is 0 Å². The topological polar surface area (TPSA) is 70.5 Å². The van der Waals surface area contributed by atoms with Crippen LogP contribution in [-0.4, -0.2) is 36.3 Å². The Bertz CT molecular complexity index is 877. The van der Waals surface area contributed by atoms with Gasteiger partial charge in [-0.15, -0.1) is 0 Å². The first-order chi connectivity index (χ1) is 13.6. The van der Waals surface area contributed by atoms with Crippen molar-refractivity contribution in [2.24, 2.45) is 0 Å². The molecule has 0 aliphatic rings. The number of esters is 1. The molecule has 1 aromatic heterocycles. The van der Waals surface area contributed by atoms with Gasteiger partial charge in [0.2, 0.25) is 6.10 Å². The van der Waals surface area contributed by atoms with Crippen molar-refractivity contribution in [3.05, 3.63) is 89.7 Å². The van der Waals surface area contributed by atoms with Crippen LogP contribution in [0.4, 0.5) is 0 Å². The third-order valence-electron chi connectivity index (χ3n) is 4.51. The fraction of sp³-hybridized carbons (Fsp3) is 0.227. The predicted molar refractivity (Wildman–Crippen MR) is 104 cm³/mol. The first kappa shape index (κ1) is 19.5. The second kappa shape index (κ2) is 8.63. The Kier molecular flexibility index (Phi) is 6.01. The van der Waals surface area contributed by atoms with Gasteiger partial charge in [0, 0.05) is 19.0 Å². The molecule has 6 heteroatoms. The van der Waals surface area contributed by atoms with Crippen LogP contribution in [0.25, 0.3) is 0 Å². The molecule has 0 fully saturated rings. The van der Waals surface area contributed by atoms with Crippen molar-refractivity contribution in [1.82, 2.24) is 9.97 Å². The van der Waals surface area contributed by atoms with E-state index in [1.54, 1.807) is 12.3 Å². The molecule has 0 bridgehead atoms. The van der Waals surface area contributed by atoms with E-state index < -0.39 is 17.7 Å². The lowest BCUT2D eigenvalue weighted by molar-refractivity contribution is -0.164. The molecule has 0 aliphatic heterocycles. The van der Waals surface area contributed by atoms with Crippen molar-refractivity contribution in [2.75, 3.05) is 14.2 Å². The SMILES string of the molecule is COC(=O)C(Oc1nccc(C)n1)C(OC)(c1ccccc1)c1ccccc1. The Morgan fingerprint density at radius 1 is 0.929 bits per heavy atom. The van der Waals surface area contributed by atoms with Crippen LogP contribution in [0.2, 0.25) is 0 Å². The molecule has 3 aromatic rings. The quantitative estimate of drug-likeness (QED) is 0.588. The van der Waals surface area contributed by atoms with Gasteiger partial charge in [0.15, 0.2) is 5.60 Å². The van der Waals surface area contributed by atoms with Crippen LogP contribution in [-0.2, 0) is 19.9 Å². The minimum atomic E-state index is -1.26. The van der Waals surface area contributed by atoms with Crippen LogP contribution in [0.5, 0.6) is 6.01 Å². The summed E-state index contributed by atoms with van der Waals surface area (Å²) >= 11 is 0. The van der Waals surface area contributed by atoms with Crippen LogP contribution in [0.15, 0.2) is 72.9 Å². The molecule has 0 spiro atoms. The van der Waals surface area contributed by atoms with Crippen molar-refractivity contribution in [3.8, 4) is 6.01 Å². The highest BCUT2D eigenvalue weighted by Gasteiger charge is 2.50. The number of hydrogen-bond donors (Lipinski definition) is 0. The molecule has 144 valence electrons. The second-order valence-corrected chi connectivity index (χ2v) is 6.17. The molecule has 0 aliphatic carbocycles. The maximum absolute atomic E-state index is 12.9. The zero-order chi connectivity index (χ0) is 20.0. The lowest BCUT2D eigenvalue weighted by Crippen LogP contribution is -2.51. The normalized spacial score (nSPS) is 12.2. The Morgan fingerprint density at radius 2 is 1.50 bits per heavy atom. The third-order valence-corrected chi connectivity index (χ3v) is 4.51. The summed E-state index contributed by atoms with van der Waals surface area (Å²) in [5.41, 5.74) is 0.942. The predicted octanol–water partition coefficient (Wildman–Crippen LogP) is 3.30. The average molecular weight is 378 g/mol. The first-order valence-electron chi connectivity index (χ1n) is 8.82. The minimum Gasteiger partial charge on any atom is -0.466 e. The number of aromatic nitrogens is 2. The molecule has 0 radical (unpaired) electrons. The van der Waals surface area contributed by atoms with Crippen LogP contribution in [0.3, 0.4) is 0 Å². The van der Waals surface area contributed by atoms with Crippen molar-refractivity contribution in [2.45, 2.75) is 18.6 Å². The van der Waals surface area contributed by atoms with E-state index in [9.17, 15) is 4.79 Å². The summed E-state index contributed by atoms with van der Waals surface area (Å²) in [6.45, 7) is 1.82. The number of nitrogens with zero attached hydrogens (tertiary/aromatic N) is 2. The number of rotatable bonds is 7. The number of aryl methyl sites for hydroxylation is 1. The van der Waals surface area contributed by atoms with E-state index in [4.69, 9.17) is 14.2 Å². The van der Waals surface area contributed by atoms with Gasteiger partial charge in [0.25, 0.3) is 0 Å². The Hall–Kier alpha value is -3.25. The van der Waals surface area contributed by atoms with Crippen LogP contribution < -0.4 is 4.74 Å². The second-order valence-electron chi connectivity index (χ2n) is 6.17. The van der Waals surface area contributed by atoms with E-state index >= 15 is 0 Å². The van der Waals surface area contributed by atoms with Gasteiger partial charge in [-0.3, -0.25) is 0 Å². The Balaban J connectivity index is 2.21. The highest BCUT2D eigenvalue weighted by Crippen LogP contribution is 2.38. The van der Waals surface area contributed by atoms with E-state index in [0.717, 1.165) is 16.8 Å². The van der Waals surface area contributed by atoms with Gasteiger partial charge in [-0.25, -0.2) is 14.8 Å². The first-order valence-corrected chi connectivity index (χ1v) is 8.82. The van der Waals surface area contributed by atoms with Gasteiger partial charge in [-0.1, -0.05) is 60.7 Å². The van der Waals surface area contributed by atoms with Gasteiger partial charge in [0.1, 0.15) is 0 Å². The van der Waals surface area contributed by atoms with Gasteiger partial charge >= 0.3 is 12.0 Å². The highest BCUT2D eigenvalue weighted by molar-refractivity contribution is 5.78. The molecule has 1 heterocycles. The molecule has 3 rings (SSSR count). The summed E-state index contributed by atoms with van der Waals surface area (Å²) in [7, 11) is 2.85. The molecule has 28 heavy (non-hydrogen) atoms. The summed E-state index contributed by atoms with van der Waals surface area (Å²) < 4.78 is 17.1. The monoisotopic (exact) mass is 378 g/mol. The largest absolute Gasteiger partial charge is 0.466 e. The molecule has 0 saturated carbocycles. The fourth-order valence-corrected chi connectivity index (χ4v) is 3.18. The molecular weight excluding hydrogens is 356 g/mol. The third kappa shape index (κ3) is 3.73. The zero-order valence-corrected chi connectivity index (χ0v) is 16.0.